The van der Waals surface area contributed by atoms with Gasteiger partial charge in [-0.05, 0) is 39.7 Å². The molecule has 1 saturated heterocycles. The first-order chi connectivity index (χ1) is 18.8. The minimum atomic E-state index is -2.90. The van der Waals surface area contributed by atoms with Gasteiger partial charge in [0.05, 0.1) is 35.3 Å². The molecule has 1 fully saturated rings. The van der Waals surface area contributed by atoms with E-state index in [1.807, 2.05) is 31.4 Å². The summed E-state index contributed by atoms with van der Waals surface area (Å²) in [6.45, 7) is 4.44. The smallest absolute Gasteiger partial charge is 0.387 e. The highest BCUT2D eigenvalue weighted by Crippen LogP contribution is 2.33. The summed E-state index contributed by atoms with van der Waals surface area (Å²) >= 11 is 0. The number of benzene rings is 1. The van der Waals surface area contributed by atoms with E-state index >= 15 is 0 Å². The van der Waals surface area contributed by atoms with Gasteiger partial charge in [-0.2, -0.15) is 8.78 Å². The summed E-state index contributed by atoms with van der Waals surface area (Å²) in [7, 11) is 0. The molecule has 204 valence electrons. The molecular formula is C28H30F2N6O3. The van der Waals surface area contributed by atoms with Crippen LogP contribution >= 0.6 is 0 Å². The molecule has 0 N–H and O–H groups in total. The number of piperidine rings is 1. The first-order valence-electron chi connectivity index (χ1n) is 12.9. The molecule has 0 saturated carbocycles. The second kappa shape index (κ2) is 10.9. The van der Waals surface area contributed by atoms with Gasteiger partial charge in [-0.3, -0.25) is 14.2 Å². The molecule has 1 aliphatic rings. The van der Waals surface area contributed by atoms with E-state index < -0.39 is 12.0 Å². The van der Waals surface area contributed by atoms with Crippen LogP contribution in [-0.4, -0.2) is 56.6 Å². The lowest BCUT2D eigenvalue weighted by molar-refractivity contribution is -0.155. The summed E-state index contributed by atoms with van der Waals surface area (Å²) in [5.41, 5.74) is 3.79. The summed E-state index contributed by atoms with van der Waals surface area (Å²) < 4.78 is 37.7. The maximum Gasteiger partial charge on any atom is 0.387 e. The fourth-order valence-electron chi connectivity index (χ4n) is 4.85. The summed E-state index contributed by atoms with van der Waals surface area (Å²) in [6, 6.07) is 6.75. The van der Waals surface area contributed by atoms with Crippen molar-refractivity contribution in [3.63, 3.8) is 0 Å². The minimum absolute atomic E-state index is 0.139. The number of aromatic nitrogens is 5. The van der Waals surface area contributed by atoms with Crippen LogP contribution in [0.3, 0.4) is 0 Å². The molecule has 0 bridgehead atoms. The number of hydrogen-bond acceptors (Lipinski definition) is 8. The highest BCUT2D eigenvalue weighted by molar-refractivity contribution is 5.76. The Morgan fingerprint density at radius 1 is 1.10 bits per heavy atom. The van der Waals surface area contributed by atoms with Crippen molar-refractivity contribution in [1.82, 2.24) is 24.3 Å². The van der Waals surface area contributed by atoms with Gasteiger partial charge in [-0.25, -0.2) is 15.0 Å². The molecule has 0 amide bonds. The van der Waals surface area contributed by atoms with Crippen LogP contribution in [0, 0.1) is 12.3 Å². The van der Waals surface area contributed by atoms with Crippen molar-refractivity contribution in [3.05, 3.63) is 66.0 Å². The lowest BCUT2D eigenvalue weighted by Gasteiger charge is -2.37. The fraction of sp³-hybridized carbons (Fsp3) is 0.393. The van der Waals surface area contributed by atoms with Gasteiger partial charge in [0.2, 0.25) is 5.95 Å². The summed E-state index contributed by atoms with van der Waals surface area (Å²) in [4.78, 5) is 32.7. The first-order valence-corrected chi connectivity index (χ1v) is 12.9. The van der Waals surface area contributed by atoms with Gasteiger partial charge in [0.25, 0.3) is 0 Å². The van der Waals surface area contributed by atoms with Crippen molar-refractivity contribution >= 4 is 17.6 Å². The SMILES string of the molecule is CCOC(=O)C1(C)CCN(c2ncc(-c3cn4c(Cc5ccccc5OC(F)F)c(C)nc4cn3)cn2)CC1. The number of esters is 1. The Hall–Kier alpha value is -4.15. The Labute approximate surface area is 224 Å². The number of anilines is 1. The number of rotatable bonds is 8. The van der Waals surface area contributed by atoms with Crippen molar-refractivity contribution in [2.45, 2.75) is 46.6 Å². The number of para-hydroxylation sites is 1. The molecule has 0 aliphatic carbocycles. The van der Waals surface area contributed by atoms with Gasteiger partial charge in [-0.15, -0.1) is 0 Å². The predicted octanol–water partition coefficient (Wildman–Crippen LogP) is 4.86. The maximum absolute atomic E-state index is 12.9. The zero-order valence-electron chi connectivity index (χ0n) is 22.1. The molecule has 39 heavy (non-hydrogen) atoms. The van der Waals surface area contributed by atoms with Gasteiger partial charge in [0.1, 0.15) is 5.75 Å². The molecule has 9 nitrogen and oxygen atoms in total. The number of carbonyl (C=O) groups excluding carboxylic acids is 1. The van der Waals surface area contributed by atoms with E-state index in [0.29, 0.717) is 61.8 Å². The second-order valence-corrected chi connectivity index (χ2v) is 9.85. The van der Waals surface area contributed by atoms with Crippen LogP contribution in [0.4, 0.5) is 14.7 Å². The quantitative estimate of drug-likeness (QED) is 0.295. The molecule has 1 aliphatic heterocycles. The Bertz CT molecular complexity index is 1470. The van der Waals surface area contributed by atoms with Crippen molar-refractivity contribution in [3.8, 4) is 17.0 Å². The molecular weight excluding hydrogens is 506 g/mol. The third-order valence-corrected chi connectivity index (χ3v) is 7.21. The molecule has 0 atom stereocenters. The number of carbonyl (C=O) groups is 1. The van der Waals surface area contributed by atoms with Crippen LogP contribution in [0.5, 0.6) is 5.75 Å². The zero-order valence-corrected chi connectivity index (χ0v) is 22.1. The molecule has 0 radical (unpaired) electrons. The van der Waals surface area contributed by atoms with E-state index in [-0.39, 0.29) is 11.7 Å². The Balaban J connectivity index is 1.35. The van der Waals surface area contributed by atoms with Crippen molar-refractivity contribution < 1.29 is 23.0 Å². The van der Waals surface area contributed by atoms with Crippen LogP contribution in [0.1, 0.15) is 43.6 Å². The fourth-order valence-corrected chi connectivity index (χ4v) is 4.85. The molecule has 3 aromatic heterocycles. The number of halogens is 2. The lowest BCUT2D eigenvalue weighted by atomic mass is 9.80. The number of imidazole rings is 1. The second-order valence-electron chi connectivity index (χ2n) is 9.85. The highest BCUT2D eigenvalue weighted by atomic mass is 19.3. The Morgan fingerprint density at radius 3 is 2.51 bits per heavy atom. The van der Waals surface area contributed by atoms with Crippen LogP contribution in [-0.2, 0) is 16.0 Å². The average Bonchev–Trinajstić information content (AvgIpc) is 3.24. The number of hydrogen-bond donors (Lipinski definition) is 0. The van der Waals surface area contributed by atoms with Crippen LogP contribution in [0.25, 0.3) is 16.9 Å². The predicted molar refractivity (Wildman–Crippen MR) is 141 cm³/mol. The van der Waals surface area contributed by atoms with Gasteiger partial charge < -0.3 is 14.4 Å². The third-order valence-electron chi connectivity index (χ3n) is 7.21. The van der Waals surface area contributed by atoms with Gasteiger partial charge in [-0.1, -0.05) is 18.2 Å². The van der Waals surface area contributed by atoms with Crippen LogP contribution < -0.4 is 9.64 Å². The minimum Gasteiger partial charge on any atom is -0.466 e. The Kier molecular flexibility index (Phi) is 7.40. The molecule has 0 unspecified atom stereocenters. The third kappa shape index (κ3) is 5.52. The van der Waals surface area contributed by atoms with E-state index in [0.717, 1.165) is 17.0 Å². The lowest BCUT2D eigenvalue weighted by Crippen LogP contribution is -2.44. The molecule has 5 rings (SSSR count). The topological polar surface area (TPSA) is 94.7 Å². The van der Waals surface area contributed by atoms with Crippen molar-refractivity contribution in [2.75, 3.05) is 24.6 Å². The van der Waals surface area contributed by atoms with Gasteiger partial charge in [0, 0.05) is 49.2 Å². The number of aryl methyl sites for hydroxylation is 1. The van der Waals surface area contributed by atoms with Gasteiger partial charge in [0.15, 0.2) is 5.65 Å². The molecule has 11 heteroatoms. The highest BCUT2D eigenvalue weighted by Gasteiger charge is 2.38. The van der Waals surface area contributed by atoms with E-state index in [9.17, 15) is 13.6 Å². The van der Waals surface area contributed by atoms with E-state index in [1.165, 1.54) is 6.07 Å². The Morgan fingerprint density at radius 2 is 1.82 bits per heavy atom. The maximum atomic E-state index is 12.9. The van der Waals surface area contributed by atoms with E-state index in [2.05, 4.69) is 24.8 Å². The van der Waals surface area contributed by atoms with Crippen molar-refractivity contribution in [1.29, 1.82) is 0 Å². The van der Waals surface area contributed by atoms with Gasteiger partial charge >= 0.3 is 12.6 Å². The molecule has 0 spiro atoms. The number of ether oxygens (including phenoxy) is 2. The normalized spacial score (nSPS) is 15.1. The largest absolute Gasteiger partial charge is 0.466 e. The van der Waals surface area contributed by atoms with Crippen LogP contribution in [0.2, 0.25) is 0 Å². The summed E-state index contributed by atoms with van der Waals surface area (Å²) in [5, 5.41) is 0. The molecule has 4 heterocycles. The van der Waals surface area contributed by atoms with Crippen molar-refractivity contribution in [2.24, 2.45) is 5.41 Å². The van der Waals surface area contributed by atoms with E-state index in [1.54, 1.807) is 36.8 Å². The first kappa shape index (κ1) is 26.5. The van der Waals surface area contributed by atoms with Crippen LogP contribution in [0.15, 0.2) is 49.1 Å². The monoisotopic (exact) mass is 536 g/mol. The standard InChI is InChI=1S/C28H30F2N6O3/c1-4-38-25(37)28(3)9-11-35(12-10-28)27-32-14-20(15-33-27)21-17-36-22(18(2)34-24(36)16-31-21)13-19-7-5-6-8-23(19)39-26(29)30/h5-8,14-17,26H,4,9-13H2,1-3H3. The molecule has 1 aromatic carbocycles. The summed E-state index contributed by atoms with van der Waals surface area (Å²) in [5.74, 6) is 0.586. The summed E-state index contributed by atoms with van der Waals surface area (Å²) in [6.07, 6.45) is 8.67. The average molecular weight is 537 g/mol. The number of fused-ring (bicyclic) bond motifs is 1. The van der Waals surface area contributed by atoms with E-state index in [4.69, 9.17) is 9.47 Å². The molecule has 4 aromatic rings. The number of nitrogens with zero attached hydrogens (tertiary/aromatic N) is 6. The zero-order chi connectivity index (χ0) is 27.6. The number of alkyl halides is 2.